The molecule has 1 unspecified atom stereocenters. The highest BCUT2D eigenvalue weighted by Crippen LogP contribution is 2.39. The predicted molar refractivity (Wildman–Crippen MR) is 195 cm³/mol. The molecule has 4 aromatic rings. The summed E-state index contributed by atoms with van der Waals surface area (Å²) >= 11 is 0. The number of aromatic nitrogens is 3. The van der Waals surface area contributed by atoms with Gasteiger partial charge in [0.05, 0.1) is 17.7 Å². The molecule has 3 aliphatic rings. The van der Waals surface area contributed by atoms with E-state index in [9.17, 15) is 39.3 Å². The Balaban J connectivity index is 0.898. The van der Waals surface area contributed by atoms with Crippen molar-refractivity contribution in [1.29, 1.82) is 0 Å². The van der Waals surface area contributed by atoms with Gasteiger partial charge in [-0.25, -0.2) is 4.57 Å². The Morgan fingerprint density at radius 3 is 2.38 bits per heavy atom. The fourth-order valence-corrected chi connectivity index (χ4v) is 7.34. The summed E-state index contributed by atoms with van der Waals surface area (Å²) in [6.45, 7) is 6.27. The smallest absolute Gasteiger partial charge is 0.319 e. The third-order valence-electron chi connectivity index (χ3n) is 10.4. The van der Waals surface area contributed by atoms with Crippen LogP contribution in [0.1, 0.15) is 65.2 Å². The number of fused-ring (bicyclic) bond motifs is 1. The fourth-order valence-electron chi connectivity index (χ4n) is 7.34. The molecule has 4 heterocycles. The van der Waals surface area contributed by atoms with Crippen molar-refractivity contribution in [3.8, 4) is 34.6 Å². The molecule has 3 aromatic carbocycles. The van der Waals surface area contributed by atoms with E-state index in [-0.39, 0.29) is 72.8 Å². The van der Waals surface area contributed by atoms with E-state index in [1.165, 1.54) is 15.5 Å². The van der Waals surface area contributed by atoms with Crippen LogP contribution in [0.4, 0.5) is 0 Å². The zero-order valence-electron chi connectivity index (χ0n) is 30.4. The van der Waals surface area contributed by atoms with Gasteiger partial charge in [0.15, 0.2) is 12.4 Å². The number of benzene rings is 3. The van der Waals surface area contributed by atoms with Crippen molar-refractivity contribution in [3.05, 3.63) is 82.4 Å². The van der Waals surface area contributed by atoms with Gasteiger partial charge in [0.25, 0.3) is 11.8 Å². The van der Waals surface area contributed by atoms with Crippen molar-refractivity contribution in [2.45, 2.75) is 58.2 Å². The molecule has 4 amide bonds. The lowest BCUT2D eigenvalue weighted by atomic mass is 9.98. The number of hydrogen-bond donors (Lipinski definition) is 4. The fraction of sp³-hybridized carbons (Fsp3) is 0.359. The lowest BCUT2D eigenvalue weighted by Crippen LogP contribution is -2.52. The summed E-state index contributed by atoms with van der Waals surface area (Å²) in [6, 6.07) is 14.3. The molecule has 1 aromatic heterocycles. The van der Waals surface area contributed by atoms with Gasteiger partial charge in [-0.05, 0) is 58.9 Å². The molecule has 2 fully saturated rings. The van der Waals surface area contributed by atoms with Crippen molar-refractivity contribution >= 4 is 29.6 Å². The molecule has 3 aliphatic heterocycles. The van der Waals surface area contributed by atoms with Crippen LogP contribution in [0.3, 0.4) is 0 Å². The average molecular weight is 752 g/mol. The average Bonchev–Trinajstić information content (AvgIpc) is 3.70. The van der Waals surface area contributed by atoms with Crippen molar-refractivity contribution in [1.82, 2.24) is 34.8 Å². The summed E-state index contributed by atoms with van der Waals surface area (Å²) in [5.41, 5.74) is 4.11. The van der Waals surface area contributed by atoms with Crippen LogP contribution in [0.15, 0.2) is 54.6 Å². The van der Waals surface area contributed by atoms with Crippen LogP contribution in [-0.2, 0) is 43.4 Å². The Bertz CT molecular complexity index is 2170. The molecule has 4 N–H and O–H groups in total. The van der Waals surface area contributed by atoms with Gasteiger partial charge in [-0.2, -0.15) is 0 Å². The summed E-state index contributed by atoms with van der Waals surface area (Å²) in [5, 5.41) is 41.6. The van der Waals surface area contributed by atoms with Gasteiger partial charge < -0.3 is 29.9 Å². The summed E-state index contributed by atoms with van der Waals surface area (Å²) in [4.78, 5) is 68.2. The minimum Gasteiger partial charge on any atom is -0.508 e. The van der Waals surface area contributed by atoms with E-state index in [0.717, 1.165) is 5.56 Å². The van der Waals surface area contributed by atoms with Crippen LogP contribution < -0.4 is 5.32 Å². The number of amides is 4. The van der Waals surface area contributed by atoms with Crippen molar-refractivity contribution in [2.24, 2.45) is 0 Å². The second-order valence-corrected chi connectivity index (χ2v) is 14.2. The monoisotopic (exact) mass is 751 g/mol. The number of esters is 1. The molecule has 0 aliphatic carbocycles. The Morgan fingerprint density at radius 2 is 1.67 bits per heavy atom. The number of piperazine rings is 1. The van der Waals surface area contributed by atoms with Crippen molar-refractivity contribution < 1.29 is 44.0 Å². The first-order valence-electron chi connectivity index (χ1n) is 18.1. The molecule has 0 saturated carbocycles. The third-order valence-corrected chi connectivity index (χ3v) is 10.4. The lowest BCUT2D eigenvalue weighted by Gasteiger charge is -2.34. The van der Waals surface area contributed by atoms with Crippen LogP contribution in [-0.4, -0.2) is 113 Å². The first-order valence-corrected chi connectivity index (χ1v) is 18.1. The molecule has 2 saturated heterocycles. The number of ether oxygens (including phenoxy) is 1. The standard InChI is InChI=1S/C39H41N7O9/c1-22(2)27-17-28(32(48)18-31(27)47)36-41-42-39(54)46(36)25-8-6-23(7-9-25)19-43-12-14-44(15-13-43)34(50)21-55-35(51)16-24-4-3-5-26-29(24)20-45(38(26)53)30-10-11-33(49)40-37(30)52/h3-9,17-18,22,30,47-48H,10-16,19-21H2,1-2H3,(H,42,54)(H,40,49,52). The van der Waals surface area contributed by atoms with Gasteiger partial charge in [-0.15, -0.1) is 5.10 Å². The molecular formula is C39H41N7O9. The molecule has 7 rings (SSSR count). The molecule has 0 radical (unpaired) electrons. The quantitative estimate of drug-likeness (QED) is 0.136. The van der Waals surface area contributed by atoms with E-state index in [4.69, 9.17) is 4.74 Å². The van der Waals surface area contributed by atoms with Gasteiger partial charge in [0, 0.05) is 57.3 Å². The largest absolute Gasteiger partial charge is 0.508 e. The third kappa shape index (κ3) is 7.58. The first kappa shape index (κ1) is 37.0. The molecule has 16 heteroatoms. The maximum Gasteiger partial charge on any atom is 0.319 e. The molecule has 0 spiro atoms. The Kier molecular flexibility index (Phi) is 10.2. The summed E-state index contributed by atoms with van der Waals surface area (Å²) in [6.07, 6.45) is 0.236. The zero-order valence-corrected chi connectivity index (χ0v) is 30.4. The van der Waals surface area contributed by atoms with E-state index in [1.807, 2.05) is 38.1 Å². The number of hydrogen-bond acceptors (Lipinski definition) is 12. The number of aromatic hydroxyl groups is 3. The minimum atomic E-state index is -0.765. The number of phenolic OH excluding ortho intramolecular Hbond substituents is 2. The van der Waals surface area contributed by atoms with E-state index in [1.54, 1.807) is 29.2 Å². The normalized spacial score (nSPS) is 17.4. The maximum absolute atomic E-state index is 13.1. The number of carbonyl (C=O) groups excluding carboxylic acids is 5. The number of rotatable bonds is 10. The van der Waals surface area contributed by atoms with Crippen molar-refractivity contribution in [3.63, 3.8) is 0 Å². The zero-order chi connectivity index (χ0) is 39.0. The summed E-state index contributed by atoms with van der Waals surface area (Å²) in [5.74, 6) is -2.16. The first-order chi connectivity index (χ1) is 26.4. The van der Waals surface area contributed by atoms with Gasteiger partial charge in [-0.3, -0.25) is 34.2 Å². The Morgan fingerprint density at radius 1 is 0.927 bits per heavy atom. The number of piperidine rings is 1. The van der Waals surface area contributed by atoms with Gasteiger partial charge in [0.2, 0.25) is 11.8 Å². The van der Waals surface area contributed by atoms with E-state index < -0.39 is 24.5 Å². The summed E-state index contributed by atoms with van der Waals surface area (Å²) in [7, 11) is 0. The lowest BCUT2D eigenvalue weighted by molar-refractivity contribution is -0.152. The second-order valence-electron chi connectivity index (χ2n) is 14.2. The van der Waals surface area contributed by atoms with E-state index in [2.05, 4.69) is 20.4 Å². The van der Waals surface area contributed by atoms with Crippen LogP contribution in [0.25, 0.3) is 17.1 Å². The second kappa shape index (κ2) is 15.2. The Hall–Kier alpha value is -6.29. The predicted octanol–water partition coefficient (Wildman–Crippen LogP) is 2.37. The van der Waals surface area contributed by atoms with Crippen LogP contribution in [0.2, 0.25) is 0 Å². The molecular weight excluding hydrogens is 710 g/mol. The highest BCUT2D eigenvalue weighted by molar-refractivity contribution is 6.05. The van der Waals surface area contributed by atoms with Crippen LogP contribution in [0, 0.1) is 0 Å². The molecule has 55 heavy (non-hydrogen) atoms. The van der Waals surface area contributed by atoms with E-state index in [0.29, 0.717) is 66.2 Å². The molecule has 16 nitrogen and oxygen atoms in total. The number of imide groups is 1. The van der Waals surface area contributed by atoms with Gasteiger partial charge >= 0.3 is 12.0 Å². The molecule has 0 bridgehead atoms. The molecule has 1 atom stereocenters. The number of phenols is 2. The van der Waals surface area contributed by atoms with Crippen LogP contribution >= 0.6 is 0 Å². The number of nitrogens with zero attached hydrogens (tertiary/aromatic N) is 6. The number of nitrogens with one attached hydrogen (secondary N) is 1. The summed E-state index contributed by atoms with van der Waals surface area (Å²) < 4.78 is 6.78. The van der Waals surface area contributed by atoms with Gasteiger partial charge in [-0.1, -0.05) is 43.2 Å². The highest BCUT2D eigenvalue weighted by Gasteiger charge is 2.40. The topological polar surface area (TPSA) is 208 Å². The Labute approximate surface area is 315 Å². The van der Waals surface area contributed by atoms with Gasteiger partial charge in [0.1, 0.15) is 17.5 Å². The highest BCUT2D eigenvalue weighted by atomic mass is 16.5. The van der Waals surface area contributed by atoms with E-state index >= 15 is 0 Å². The minimum absolute atomic E-state index is 0.0217. The number of carbonyl (C=O) groups is 5. The molecule has 286 valence electrons. The van der Waals surface area contributed by atoms with Crippen LogP contribution in [0.5, 0.6) is 17.5 Å². The SMILES string of the molecule is CC(C)c1cc(-c2nnc(O)n2-c2ccc(CN3CCN(C(=O)COC(=O)Cc4cccc5c4CN(C4CCC(=O)NC4=O)C5=O)CC3)cc2)c(O)cc1O. The van der Waals surface area contributed by atoms with Crippen molar-refractivity contribution in [2.75, 3.05) is 32.8 Å². The maximum atomic E-state index is 13.1.